The zero-order valence-corrected chi connectivity index (χ0v) is 17.8. The smallest absolute Gasteiger partial charge is 0.136 e. The molecule has 0 atom stereocenters. The van der Waals surface area contributed by atoms with Gasteiger partial charge in [-0.2, -0.15) is 0 Å². The van der Waals surface area contributed by atoms with Gasteiger partial charge in [0, 0.05) is 30.5 Å². The van der Waals surface area contributed by atoms with Crippen molar-refractivity contribution in [1.82, 2.24) is 14.5 Å². The Morgan fingerprint density at radius 3 is 2.53 bits per heavy atom. The van der Waals surface area contributed by atoms with E-state index in [2.05, 4.69) is 53.4 Å². The van der Waals surface area contributed by atoms with Crippen LogP contribution in [0, 0.1) is 6.92 Å². The van der Waals surface area contributed by atoms with Crippen LogP contribution in [0.15, 0.2) is 42.6 Å². The molecule has 0 radical (unpaired) electrons. The van der Waals surface area contributed by atoms with Crippen molar-refractivity contribution in [3.8, 4) is 11.3 Å². The molecule has 1 fully saturated rings. The van der Waals surface area contributed by atoms with Crippen molar-refractivity contribution in [1.29, 1.82) is 0 Å². The molecule has 4 heterocycles. The summed E-state index contributed by atoms with van der Waals surface area (Å²) in [5.74, 6) is 1.40. The number of fused-ring (bicyclic) bond motifs is 1. The lowest BCUT2D eigenvalue weighted by atomic mass is 9.92. The van der Waals surface area contributed by atoms with Crippen LogP contribution >= 0.6 is 0 Å². The highest BCUT2D eigenvalue weighted by Crippen LogP contribution is 2.35. The maximum absolute atomic E-state index is 10.5. The van der Waals surface area contributed by atoms with Crippen molar-refractivity contribution < 1.29 is 9.84 Å². The molecule has 0 bridgehead atoms. The first-order valence-corrected chi connectivity index (χ1v) is 10.6. The van der Waals surface area contributed by atoms with Gasteiger partial charge in [0.1, 0.15) is 11.4 Å². The summed E-state index contributed by atoms with van der Waals surface area (Å²) in [4.78, 5) is 12.0. The average molecular weight is 405 g/mol. The Bertz CT molecular complexity index is 1070. The third-order valence-corrected chi connectivity index (χ3v) is 6.29. The van der Waals surface area contributed by atoms with Crippen molar-refractivity contribution in [3.63, 3.8) is 0 Å². The molecule has 6 heteroatoms. The Morgan fingerprint density at radius 2 is 1.87 bits per heavy atom. The van der Waals surface area contributed by atoms with Gasteiger partial charge in [0.2, 0.25) is 0 Å². The van der Waals surface area contributed by atoms with Crippen LogP contribution in [0.2, 0.25) is 0 Å². The van der Waals surface area contributed by atoms with Crippen LogP contribution in [0.3, 0.4) is 0 Å². The quantitative estimate of drug-likeness (QED) is 0.720. The lowest BCUT2D eigenvalue weighted by Crippen LogP contribution is -2.46. The first-order chi connectivity index (χ1) is 14.5. The largest absolute Gasteiger partial charge is 0.380 e. The molecule has 0 amide bonds. The van der Waals surface area contributed by atoms with Gasteiger partial charge < -0.3 is 19.3 Å². The number of anilines is 1. The van der Waals surface area contributed by atoms with E-state index in [0.717, 1.165) is 53.7 Å². The molecule has 5 rings (SSSR count). The van der Waals surface area contributed by atoms with Crippen LogP contribution in [0.5, 0.6) is 0 Å². The van der Waals surface area contributed by atoms with Gasteiger partial charge in [-0.25, -0.2) is 4.98 Å². The third kappa shape index (κ3) is 3.11. The summed E-state index contributed by atoms with van der Waals surface area (Å²) in [6.07, 6.45) is 1.86. The van der Waals surface area contributed by atoms with Gasteiger partial charge in [-0.05, 0) is 42.7 Å². The number of imidazole rings is 1. The molecule has 0 saturated carbocycles. The predicted octanol–water partition coefficient (Wildman–Crippen LogP) is 3.61. The molecule has 0 unspecified atom stereocenters. The number of hydrogen-bond acceptors (Lipinski definition) is 5. The van der Waals surface area contributed by atoms with Crippen molar-refractivity contribution in [2.45, 2.75) is 45.4 Å². The zero-order valence-electron chi connectivity index (χ0n) is 17.8. The molecule has 0 spiro atoms. The molecule has 3 aromatic rings. The first kappa shape index (κ1) is 19.3. The van der Waals surface area contributed by atoms with E-state index in [-0.39, 0.29) is 0 Å². The van der Waals surface area contributed by atoms with Crippen LogP contribution in [0.1, 0.15) is 42.5 Å². The SMILES string of the molecule is Cc1nc(-c2cccnc2C(C)C)c2n1CCN(c1ccc(C3(O)COC3)cc1)C2. The summed E-state index contributed by atoms with van der Waals surface area (Å²) in [5, 5.41) is 10.5. The number of rotatable bonds is 4. The van der Waals surface area contributed by atoms with Gasteiger partial charge in [-0.1, -0.05) is 26.0 Å². The van der Waals surface area contributed by atoms with E-state index in [9.17, 15) is 5.11 Å². The summed E-state index contributed by atoms with van der Waals surface area (Å²) in [5.41, 5.74) is 5.78. The maximum Gasteiger partial charge on any atom is 0.136 e. The van der Waals surface area contributed by atoms with Crippen molar-refractivity contribution in [3.05, 3.63) is 65.4 Å². The molecular weight excluding hydrogens is 376 g/mol. The standard InChI is InChI=1S/C24H28N4O2/c1-16(2)22-20(5-4-10-25-22)23-21-13-27(11-12-28(21)17(3)26-23)19-8-6-18(7-9-19)24(29)14-30-15-24/h4-10,16,29H,11-15H2,1-3H3. The predicted molar refractivity (Wildman–Crippen MR) is 116 cm³/mol. The molecule has 2 aliphatic heterocycles. The maximum atomic E-state index is 10.5. The number of hydrogen-bond donors (Lipinski definition) is 1. The van der Waals surface area contributed by atoms with Crippen molar-refractivity contribution in [2.75, 3.05) is 24.7 Å². The number of aromatic nitrogens is 3. The molecule has 1 N–H and O–H groups in total. The third-order valence-electron chi connectivity index (χ3n) is 6.29. The summed E-state index contributed by atoms with van der Waals surface area (Å²) >= 11 is 0. The summed E-state index contributed by atoms with van der Waals surface area (Å²) in [7, 11) is 0. The summed E-state index contributed by atoms with van der Waals surface area (Å²) in [6.45, 7) is 9.83. The van der Waals surface area contributed by atoms with E-state index in [1.54, 1.807) is 0 Å². The zero-order chi connectivity index (χ0) is 20.9. The van der Waals surface area contributed by atoms with Crippen LogP contribution in [-0.2, 0) is 23.4 Å². The topological polar surface area (TPSA) is 63.4 Å². The van der Waals surface area contributed by atoms with Crippen LogP contribution in [0.25, 0.3) is 11.3 Å². The molecular formula is C24H28N4O2. The number of nitrogens with zero attached hydrogens (tertiary/aromatic N) is 4. The van der Waals surface area contributed by atoms with E-state index in [0.29, 0.717) is 19.1 Å². The highest BCUT2D eigenvalue weighted by Gasteiger charge is 2.38. The second kappa shape index (κ2) is 7.22. The van der Waals surface area contributed by atoms with Crippen molar-refractivity contribution in [2.24, 2.45) is 0 Å². The lowest BCUT2D eigenvalue weighted by Gasteiger charge is -2.37. The summed E-state index contributed by atoms with van der Waals surface area (Å²) < 4.78 is 7.53. The van der Waals surface area contributed by atoms with Gasteiger partial charge in [0.15, 0.2) is 0 Å². The highest BCUT2D eigenvalue weighted by atomic mass is 16.5. The first-order valence-electron chi connectivity index (χ1n) is 10.6. The Labute approximate surface area is 177 Å². The molecule has 6 nitrogen and oxygen atoms in total. The van der Waals surface area contributed by atoms with E-state index in [1.165, 1.54) is 5.69 Å². The highest BCUT2D eigenvalue weighted by molar-refractivity contribution is 5.67. The molecule has 1 saturated heterocycles. The van der Waals surface area contributed by atoms with Gasteiger partial charge in [-0.15, -0.1) is 0 Å². The van der Waals surface area contributed by atoms with Crippen molar-refractivity contribution >= 4 is 5.69 Å². The minimum Gasteiger partial charge on any atom is -0.380 e. The lowest BCUT2D eigenvalue weighted by molar-refractivity contribution is -0.184. The fourth-order valence-electron chi connectivity index (χ4n) is 4.51. The Hall–Kier alpha value is -2.70. The minimum absolute atomic E-state index is 0.340. The normalized spacial score (nSPS) is 17.7. The molecule has 2 aliphatic rings. The number of pyridine rings is 1. The number of ether oxygens (including phenoxy) is 1. The van der Waals surface area contributed by atoms with Gasteiger partial charge in [0.05, 0.1) is 36.8 Å². The van der Waals surface area contributed by atoms with E-state index in [1.807, 2.05) is 24.4 Å². The molecule has 0 aliphatic carbocycles. The Morgan fingerprint density at radius 1 is 1.10 bits per heavy atom. The van der Waals surface area contributed by atoms with Crippen LogP contribution < -0.4 is 4.90 Å². The summed E-state index contributed by atoms with van der Waals surface area (Å²) in [6, 6.07) is 12.4. The number of benzene rings is 1. The van der Waals surface area contributed by atoms with Gasteiger partial charge >= 0.3 is 0 Å². The van der Waals surface area contributed by atoms with E-state index >= 15 is 0 Å². The van der Waals surface area contributed by atoms with Gasteiger partial charge in [-0.3, -0.25) is 4.98 Å². The average Bonchev–Trinajstić information content (AvgIpc) is 3.08. The van der Waals surface area contributed by atoms with E-state index in [4.69, 9.17) is 9.72 Å². The molecule has 156 valence electrons. The minimum atomic E-state index is -0.823. The second-order valence-corrected chi connectivity index (χ2v) is 8.69. The van der Waals surface area contributed by atoms with E-state index < -0.39 is 5.60 Å². The number of aliphatic hydroxyl groups is 1. The van der Waals surface area contributed by atoms with Crippen LogP contribution in [0.4, 0.5) is 5.69 Å². The molecule has 2 aromatic heterocycles. The Kier molecular flexibility index (Phi) is 4.64. The fourth-order valence-corrected chi connectivity index (χ4v) is 4.51. The fraction of sp³-hybridized carbons (Fsp3) is 0.417. The van der Waals surface area contributed by atoms with Crippen LogP contribution in [-0.4, -0.2) is 39.4 Å². The monoisotopic (exact) mass is 404 g/mol. The van der Waals surface area contributed by atoms with Gasteiger partial charge in [0.25, 0.3) is 0 Å². The number of aryl methyl sites for hydroxylation is 1. The Balaban J connectivity index is 1.47. The molecule has 1 aromatic carbocycles. The second-order valence-electron chi connectivity index (χ2n) is 8.69. The molecule has 30 heavy (non-hydrogen) atoms.